The van der Waals surface area contributed by atoms with Crippen molar-refractivity contribution >= 4 is 19.7 Å². The van der Waals surface area contributed by atoms with Crippen molar-refractivity contribution in [2.75, 3.05) is 13.2 Å². The summed E-state index contributed by atoms with van der Waals surface area (Å²) in [5.74, 6) is -0.872. The Labute approximate surface area is 147 Å². The van der Waals surface area contributed by atoms with E-state index in [0.717, 1.165) is 0 Å². The predicted molar refractivity (Wildman–Crippen MR) is 94.5 cm³/mol. The molecule has 5 nitrogen and oxygen atoms in total. The van der Waals surface area contributed by atoms with Crippen LogP contribution in [0.2, 0.25) is 0 Å². The highest BCUT2D eigenvalue weighted by Gasteiger charge is 2.63. The van der Waals surface area contributed by atoms with Gasteiger partial charge in [0.15, 0.2) is 0 Å². The van der Waals surface area contributed by atoms with E-state index in [0.29, 0.717) is 0 Å². The molecule has 1 aliphatic heterocycles. The maximum atomic E-state index is 13.4. The monoisotopic (exact) mass is 378 g/mol. The first kappa shape index (κ1) is 17.8. The molecule has 132 valence electrons. The third kappa shape index (κ3) is 2.54. The van der Waals surface area contributed by atoms with Crippen LogP contribution in [-0.4, -0.2) is 34.1 Å². The normalized spacial score (nSPS) is 20.2. The first-order valence-corrected chi connectivity index (χ1v) is 10.6. The van der Waals surface area contributed by atoms with Gasteiger partial charge >= 0.3 is 0 Å². The molecule has 25 heavy (non-hydrogen) atoms. The van der Waals surface area contributed by atoms with Crippen molar-refractivity contribution in [3.05, 3.63) is 73.3 Å². The summed E-state index contributed by atoms with van der Waals surface area (Å²) in [6, 6.07) is 15.2. The third-order valence-electron chi connectivity index (χ3n) is 4.47. The van der Waals surface area contributed by atoms with Crippen LogP contribution < -0.4 is 0 Å². The number of ether oxygens (including phenoxy) is 1. The Balaban J connectivity index is 2.32. The summed E-state index contributed by atoms with van der Waals surface area (Å²) in [7, 11) is -8.50. The Hall–Kier alpha value is -1.96. The lowest BCUT2D eigenvalue weighted by molar-refractivity contribution is 0.190. The van der Waals surface area contributed by atoms with Gasteiger partial charge in [-0.2, -0.15) is 0 Å². The SMILES string of the molecule is C=CC1COCC1(S(=O)(=O)c1ccccc1)S(=O)(=O)c1ccccc1. The highest BCUT2D eigenvalue weighted by Crippen LogP contribution is 2.45. The zero-order valence-corrected chi connectivity index (χ0v) is 15.0. The number of rotatable bonds is 5. The molecule has 0 N–H and O–H groups in total. The fourth-order valence-electron chi connectivity index (χ4n) is 3.11. The van der Waals surface area contributed by atoms with Gasteiger partial charge in [-0.3, -0.25) is 0 Å². The molecule has 1 fully saturated rings. The summed E-state index contributed by atoms with van der Waals surface area (Å²) in [6.45, 7) is 3.20. The molecule has 1 heterocycles. The molecule has 3 rings (SSSR count). The van der Waals surface area contributed by atoms with Gasteiger partial charge in [0.2, 0.25) is 23.8 Å². The zero-order valence-electron chi connectivity index (χ0n) is 13.4. The molecule has 2 aromatic carbocycles. The van der Waals surface area contributed by atoms with Gasteiger partial charge in [0, 0.05) is 5.92 Å². The summed E-state index contributed by atoms with van der Waals surface area (Å²) in [4.78, 5) is -0.0984. The molecule has 0 spiro atoms. The number of hydrogen-bond donors (Lipinski definition) is 0. The Kier molecular flexibility index (Phi) is 4.57. The number of sulfone groups is 2. The van der Waals surface area contributed by atoms with Crippen molar-refractivity contribution in [3.8, 4) is 0 Å². The standard InChI is InChI=1S/C18H18O5S2/c1-2-15-13-23-14-18(15,24(19,20)16-9-5-3-6-10-16)25(21,22)17-11-7-4-8-12-17/h2-12,15H,1,13-14H2. The van der Waals surface area contributed by atoms with E-state index in [1.165, 1.54) is 30.3 Å². The minimum atomic E-state index is -4.25. The molecule has 0 aromatic heterocycles. The van der Waals surface area contributed by atoms with E-state index in [4.69, 9.17) is 4.74 Å². The second-order valence-corrected chi connectivity index (χ2v) is 10.5. The lowest BCUT2D eigenvalue weighted by atomic mass is 10.1. The lowest BCUT2D eigenvalue weighted by Gasteiger charge is -2.31. The van der Waals surface area contributed by atoms with Crippen LogP contribution in [0, 0.1) is 5.92 Å². The summed E-state index contributed by atoms with van der Waals surface area (Å²) in [5, 5.41) is 0. The largest absolute Gasteiger partial charge is 0.378 e. The minimum absolute atomic E-state index is 0.0123. The molecule has 1 saturated heterocycles. The minimum Gasteiger partial charge on any atom is -0.378 e. The molecule has 0 saturated carbocycles. The summed E-state index contributed by atoms with van der Waals surface area (Å²) in [5.41, 5.74) is 0. The topological polar surface area (TPSA) is 77.5 Å². The quantitative estimate of drug-likeness (QED) is 0.747. The highest BCUT2D eigenvalue weighted by atomic mass is 32.3. The zero-order chi connectivity index (χ0) is 18.1. The molecule has 7 heteroatoms. The fourth-order valence-corrected chi connectivity index (χ4v) is 8.27. The van der Waals surface area contributed by atoms with Crippen molar-refractivity contribution in [1.82, 2.24) is 0 Å². The van der Waals surface area contributed by atoms with Crippen molar-refractivity contribution in [2.24, 2.45) is 5.92 Å². The summed E-state index contributed by atoms with van der Waals surface area (Å²) >= 11 is 0. The van der Waals surface area contributed by atoms with Gasteiger partial charge in [-0.1, -0.05) is 42.5 Å². The number of benzene rings is 2. The Morgan fingerprint density at radius 1 is 0.880 bits per heavy atom. The molecule has 2 aromatic rings. The van der Waals surface area contributed by atoms with Crippen LogP contribution in [0.4, 0.5) is 0 Å². The third-order valence-corrected chi connectivity index (χ3v) is 10.2. The molecule has 1 atom stereocenters. The van der Waals surface area contributed by atoms with E-state index < -0.39 is 36.3 Å². The van der Waals surface area contributed by atoms with Crippen LogP contribution >= 0.6 is 0 Å². The number of hydrogen-bond acceptors (Lipinski definition) is 5. The first-order chi connectivity index (χ1) is 11.9. The van der Waals surface area contributed by atoms with Crippen LogP contribution in [0.25, 0.3) is 0 Å². The van der Waals surface area contributed by atoms with Crippen molar-refractivity contribution < 1.29 is 21.6 Å². The Morgan fingerprint density at radius 2 is 1.32 bits per heavy atom. The van der Waals surface area contributed by atoms with Gasteiger partial charge < -0.3 is 4.74 Å². The van der Waals surface area contributed by atoms with E-state index in [1.807, 2.05) is 0 Å². The van der Waals surface area contributed by atoms with Crippen LogP contribution in [0.15, 0.2) is 83.1 Å². The Morgan fingerprint density at radius 3 is 1.72 bits per heavy atom. The van der Waals surface area contributed by atoms with Crippen molar-refractivity contribution in [2.45, 2.75) is 13.9 Å². The summed E-state index contributed by atoms with van der Waals surface area (Å²) < 4.78 is 57.0. The van der Waals surface area contributed by atoms with Crippen LogP contribution in [0.3, 0.4) is 0 Å². The van der Waals surface area contributed by atoms with E-state index in [2.05, 4.69) is 6.58 Å². The van der Waals surface area contributed by atoms with E-state index in [9.17, 15) is 16.8 Å². The molecule has 0 radical (unpaired) electrons. The lowest BCUT2D eigenvalue weighted by Crippen LogP contribution is -2.51. The molecule has 0 amide bonds. The van der Waals surface area contributed by atoms with Crippen LogP contribution in [0.5, 0.6) is 0 Å². The molecular weight excluding hydrogens is 360 g/mol. The van der Waals surface area contributed by atoms with Gasteiger partial charge in [-0.25, -0.2) is 16.8 Å². The van der Waals surface area contributed by atoms with E-state index in [1.54, 1.807) is 36.4 Å². The Bertz CT molecular complexity index is 895. The molecule has 0 bridgehead atoms. The van der Waals surface area contributed by atoms with Gasteiger partial charge in [0.05, 0.1) is 23.0 Å². The average molecular weight is 378 g/mol. The van der Waals surface area contributed by atoms with Gasteiger partial charge in [0.1, 0.15) is 0 Å². The summed E-state index contributed by atoms with van der Waals surface area (Å²) in [6.07, 6.45) is 1.36. The van der Waals surface area contributed by atoms with Crippen molar-refractivity contribution in [1.29, 1.82) is 0 Å². The second-order valence-electron chi connectivity index (χ2n) is 5.80. The smallest absolute Gasteiger partial charge is 0.213 e. The molecule has 1 unspecified atom stereocenters. The van der Waals surface area contributed by atoms with Crippen molar-refractivity contribution in [3.63, 3.8) is 0 Å². The first-order valence-electron chi connectivity index (χ1n) is 7.67. The predicted octanol–water partition coefficient (Wildman–Crippen LogP) is 2.46. The molecule has 0 aliphatic carbocycles. The average Bonchev–Trinajstić information content (AvgIpc) is 3.09. The van der Waals surface area contributed by atoms with E-state index >= 15 is 0 Å². The van der Waals surface area contributed by atoms with E-state index in [-0.39, 0.29) is 16.4 Å². The maximum absolute atomic E-state index is 13.4. The highest BCUT2D eigenvalue weighted by molar-refractivity contribution is 8.10. The maximum Gasteiger partial charge on any atom is 0.213 e. The van der Waals surface area contributed by atoms with Crippen LogP contribution in [0.1, 0.15) is 0 Å². The molecule has 1 aliphatic rings. The fraction of sp³-hybridized carbons (Fsp3) is 0.222. The van der Waals surface area contributed by atoms with Crippen LogP contribution in [-0.2, 0) is 24.4 Å². The second kappa shape index (κ2) is 6.40. The molecular formula is C18H18O5S2. The van der Waals surface area contributed by atoms with Gasteiger partial charge in [-0.05, 0) is 24.3 Å². The van der Waals surface area contributed by atoms with Gasteiger partial charge in [0.25, 0.3) is 0 Å². The van der Waals surface area contributed by atoms with Gasteiger partial charge in [-0.15, -0.1) is 6.58 Å².